The Labute approximate surface area is 139 Å². The third kappa shape index (κ3) is 2.93. The van der Waals surface area contributed by atoms with E-state index in [0.29, 0.717) is 24.7 Å². The van der Waals surface area contributed by atoms with Gasteiger partial charge in [0.05, 0.1) is 19.5 Å². The van der Waals surface area contributed by atoms with E-state index in [1.54, 1.807) is 6.26 Å². The smallest absolute Gasteiger partial charge is 0.186 e. The van der Waals surface area contributed by atoms with Crippen molar-refractivity contribution in [3.63, 3.8) is 0 Å². The van der Waals surface area contributed by atoms with Crippen LogP contribution < -0.4 is 4.90 Å². The minimum atomic E-state index is 0.154. The third-order valence-corrected chi connectivity index (χ3v) is 5.73. The van der Waals surface area contributed by atoms with Gasteiger partial charge in [0.2, 0.25) is 0 Å². The Balaban J connectivity index is 1.70. The molecule has 3 heterocycles. The number of nitrogens with zero attached hydrogens (tertiary/aromatic N) is 2. The number of furan rings is 1. The number of anilines is 1. The maximum absolute atomic E-state index is 12.9. The normalized spacial score (nSPS) is 19.4. The Morgan fingerprint density at radius 3 is 2.74 bits per heavy atom. The molecule has 6 heteroatoms. The Hall–Kier alpha value is -1.66. The predicted octanol–water partition coefficient (Wildman–Crippen LogP) is 3.61. The molecule has 0 amide bonds. The lowest BCUT2D eigenvalue weighted by Gasteiger charge is -2.26. The van der Waals surface area contributed by atoms with Crippen LogP contribution in [0.4, 0.5) is 5.13 Å². The van der Waals surface area contributed by atoms with Crippen LogP contribution in [-0.4, -0.2) is 37.1 Å². The molecule has 122 valence electrons. The number of carbonyl (C=O) groups excluding carboxylic acids is 1. The van der Waals surface area contributed by atoms with E-state index in [2.05, 4.69) is 4.90 Å². The van der Waals surface area contributed by atoms with Crippen molar-refractivity contribution in [1.82, 2.24) is 4.98 Å². The number of aromatic nitrogens is 1. The monoisotopic (exact) mass is 332 g/mol. The van der Waals surface area contributed by atoms with E-state index in [0.717, 1.165) is 48.8 Å². The Bertz CT molecular complexity index is 668. The van der Waals surface area contributed by atoms with E-state index < -0.39 is 0 Å². The molecule has 1 saturated heterocycles. The summed E-state index contributed by atoms with van der Waals surface area (Å²) in [6.07, 6.45) is 5.94. The molecule has 0 spiro atoms. The van der Waals surface area contributed by atoms with Crippen LogP contribution in [0.5, 0.6) is 0 Å². The zero-order valence-electron chi connectivity index (χ0n) is 13.0. The summed E-state index contributed by atoms with van der Waals surface area (Å²) in [4.78, 5) is 20.6. The van der Waals surface area contributed by atoms with Crippen molar-refractivity contribution in [2.24, 2.45) is 5.92 Å². The number of thiazole rings is 1. The highest BCUT2D eigenvalue weighted by molar-refractivity contribution is 7.18. The number of morpholine rings is 1. The van der Waals surface area contributed by atoms with E-state index >= 15 is 0 Å². The lowest BCUT2D eigenvalue weighted by Crippen LogP contribution is -2.36. The number of carbonyl (C=O) groups is 1. The Morgan fingerprint density at radius 1 is 1.26 bits per heavy atom. The highest BCUT2D eigenvalue weighted by Crippen LogP contribution is 2.38. The minimum absolute atomic E-state index is 0.154. The van der Waals surface area contributed by atoms with Crippen LogP contribution in [0.3, 0.4) is 0 Å². The lowest BCUT2D eigenvalue weighted by atomic mass is 10.0. The van der Waals surface area contributed by atoms with Crippen molar-refractivity contribution in [3.05, 3.63) is 23.3 Å². The fourth-order valence-electron chi connectivity index (χ4n) is 3.32. The number of hydrogen-bond donors (Lipinski definition) is 0. The number of Topliss-reactive ketones (excluding diaryl/α,β-unsaturated/α-hetero) is 1. The largest absolute Gasteiger partial charge is 0.463 e. The van der Waals surface area contributed by atoms with Crippen LogP contribution in [0.15, 0.2) is 22.8 Å². The third-order valence-electron chi connectivity index (χ3n) is 4.60. The SMILES string of the molecule is O=C(c1sc(N2CCOCC2)nc1-c1ccco1)C1CCCC1. The van der Waals surface area contributed by atoms with Crippen LogP contribution in [0, 0.1) is 5.92 Å². The quantitative estimate of drug-likeness (QED) is 0.801. The molecule has 2 aromatic heterocycles. The van der Waals surface area contributed by atoms with Crippen LogP contribution in [0.25, 0.3) is 11.5 Å². The number of hydrogen-bond acceptors (Lipinski definition) is 6. The van der Waals surface area contributed by atoms with Gasteiger partial charge in [-0.3, -0.25) is 4.79 Å². The second kappa shape index (κ2) is 6.45. The Morgan fingerprint density at radius 2 is 2.04 bits per heavy atom. The highest BCUT2D eigenvalue weighted by atomic mass is 32.1. The van der Waals surface area contributed by atoms with Crippen molar-refractivity contribution < 1.29 is 13.9 Å². The van der Waals surface area contributed by atoms with Crippen molar-refractivity contribution in [1.29, 1.82) is 0 Å². The van der Waals surface area contributed by atoms with Gasteiger partial charge in [0.25, 0.3) is 0 Å². The summed E-state index contributed by atoms with van der Waals surface area (Å²) in [6, 6.07) is 3.72. The molecule has 0 aromatic carbocycles. The molecular weight excluding hydrogens is 312 g/mol. The van der Waals surface area contributed by atoms with E-state index in [9.17, 15) is 4.79 Å². The summed E-state index contributed by atoms with van der Waals surface area (Å²) in [5.41, 5.74) is 0.707. The van der Waals surface area contributed by atoms with Gasteiger partial charge in [-0.1, -0.05) is 24.2 Å². The van der Waals surface area contributed by atoms with Gasteiger partial charge in [-0.15, -0.1) is 0 Å². The molecular formula is C17H20N2O3S. The average molecular weight is 332 g/mol. The molecule has 23 heavy (non-hydrogen) atoms. The van der Waals surface area contributed by atoms with Gasteiger partial charge in [-0.25, -0.2) is 4.98 Å². The molecule has 0 atom stereocenters. The van der Waals surface area contributed by atoms with Gasteiger partial charge in [0.1, 0.15) is 10.6 Å². The molecule has 0 unspecified atom stereocenters. The zero-order chi connectivity index (χ0) is 15.6. The van der Waals surface area contributed by atoms with Gasteiger partial charge in [0, 0.05) is 19.0 Å². The van der Waals surface area contributed by atoms with Crippen molar-refractivity contribution in [2.45, 2.75) is 25.7 Å². The summed E-state index contributed by atoms with van der Waals surface area (Å²) in [7, 11) is 0. The molecule has 2 aromatic rings. The van der Waals surface area contributed by atoms with Gasteiger partial charge in [-0.05, 0) is 25.0 Å². The summed E-state index contributed by atoms with van der Waals surface area (Å²) < 4.78 is 10.9. The molecule has 2 aliphatic rings. The van der Waals surface area contributed by atoms with Crippen molar-refractivity contribution in [3.8, 4) is 11.5 Å². The van der Waals surface area contributed by atoms with Crippen LogP contribution in [0.1, 0.15) is 35.4 Å². The first-order valence-corrected chi connectivity index (χ1v) is 9.06. The van der Waals surface area contributed by atoms with Crippen molar-refractivity contribution >= 4 is 22.3 Å². The van der Waals surface area contributed by atoms with Gasteiger partial charge >= 0.3 is 0 Å². The fourth-order valence-corrected chi connectivity index (χ4v) is 4.46. The Kier molecular flexibility index (Phi) is 4.18. The van der Waals surface area contributed by atoms with Gasteiger partial charge in [-0.2, -0.15) is 0 Å². The predicted molar refractivity (Wildman–Crippen MR) is 89.1 cm³/mol. The second-order valence-corrected chi connectivity index (χ2v) is 7.07. The van der Waals surface area contributed by atoms with E-state index in [-0.39, 0.29) is 11.7 Å². The number of ketones is 1. The number of ether oxygens (including phenoxy) is 1. The van der Waals surface area contributed by atoms with Crippen LogP contribution in [-0.2, 0) is 4.74 Å². The standard InChI is InChI=1S/C17H20N2O3S/c20-15(12-4-1-2-5-12)16-14(13-6-3-9-22-13)18-17(23-16)19-7-10-21-11-8-19/h3,6,9,12H,1-2,4-5,7-8,10-11H2. The topological polar surface area (TPSA) is 55.6 Å². The first-order valence-electron chi connectivity index (χ1n) is 8.24. The second-order valence-electron chi connectivity index (χ2n) is 6.10. The average Bonchev–Trinajstić information content (AvgIpc) is 3.35. The van der Waals surface area contributed by atoms with Gasteiger partial charge < -0.3 is 14.1 Å². The minimum Gasteiger partial charge on any atom is -0.463 e. The first-order chi connectivity index (χ1) is 11.3. The number of rotatable bonds is 4. The molecule has 4 rings (SSSR count). The van der Waals surface area contributed by atoms with Gasteiger partial charge in [0.15, 0.2) is 16.7 Å². The molecule has 0 N–H and O–H groups in total. The maximum atomic E-state index is 12.9. The lowest BCUT2D eigenvalue weighted by molar-refractivity contribution is 0.0927. The molecule has 0 radical (unpaired) electrons. The molecule has 0 bridgehead atoms. The summed E-state index contributed by atoms with van der Waals surface area (Å²) in [5, 5.41) is 0.904. The summed E-state index contributed by atoms with van der Waals surface area (Å²) in [5.74, 6) is 1.08. The summed E-state index contributed by atoms with van der Waals surface area (Å²) >= 11 is 1.51. The van der Waals surface area contributed by atoms with E-state index in [4.69, 9.17) is 14.1 Å². The first kappa shape index (κ1) is 14.9. The molecule has 1 aliphatic carbocycles. The van der Waals surface area contributed by atoms with Crippen molar-refractivity contribution in [2.75, 3.05) is 31.2 Å². The molecule has 2 fully saturated rings. The maximum Gasteiger partial charge on any atom is 0.186 e. The van der Waals surface area contributed by atoms with E-state index in [1.165, 1.54) is 11.3 Å². The molecule has 1 aliphatic heterocycles. The summed E-state index contributed by atoms with van der Waals surface area (Å²) in [6.45, 7) is 3.06. The van der Waals surface area contributed by atoms with E-state index in [1.807, 2.05) is 12.1 Å². The highest BCUT2D eigenvalue weighted by Gasteiger charge is 2.30. The van der Waals surface area contributed by atoms with Crippen LogP contribution in [0.2, 0.25) is 0 Å². The molecule has 1 saturated carbocycles. The zero-order valence-corrected chi connectivity index (χ0v) is 13.8. The van der Waals surface area contributed by atoms with Crippen LogP contribution >= 0.6 is 11.3 Å². The molecule has 5 nitrogen and oxygen atoms in total. The fraction of sp³-hybridized carbons (Fsp3) is 0.529.